The van der Waals surface area contributed by atoms with E-state index in [9.17, 15) is 0 Å². The minimum Gasteiger partial charge on any atom is -0.391 e. The molecule has 0 heterocycles. The fraction of sp³-hybridized carbons (Fsp3) is 1.00. The second-order valence-electron chi connectivity index (χ2n) is 4.42. The summed E-state index contributed by atoms with van der Waals surface area (Å²) in [5, 5.41) is 12.2. The number of nitrogens with zero attached hydrogens (tertiary/aromatic N) is 2. The maximum Gasteiger partial charge on any atom is 0.102 e. The van der Waals surface area contributed by atoms with Gasteiger partial charge in [0, 0.05) is 13.1 Å². The molecule has 0 aromatic carbocycles. The van der Waals surface area contributed by atoms with Gasteiger partial charge in [0.1, 0.15) is 6.54 Å². The van der Waals surface area contributed by atoms with E-state index < -0.39 is 0 Å². The van der Waals surface area contributed by atoms with Gasteiger partial charge >= 0.3 is 0 Å². The summed E-state index contributed by atoms with van der Waals surface area (Å²) < 4.78 is 0.940. The number of aliphatic hydroxyl groups excluding tert-OH is 1. The monoisotopic (exact) mass is 204 g/mol. The van der Waals surface area contributed by atoms with E-state index in [1.165, 1.54) is 0 Å². The van der Waals surface area contributed by atoms with Gasteiger partial charge < -0.3 is 19.8 Å². The molecule has 4 heteroatoms. The van der Waals surface area contributed by atoms with Gasteiger partial charge in [0.2, 0.25) is 0 Å². The van der Waals surface area contributed by atoms with Crippen LogP contribution in [0, 0.1) is 0 Å². The van der Waals surface area contributed by atoms with Gasteiger partial charge in [0.15, 0.2) is 0 Å². The molecule has 86 valence electrons. The SMILES string of the molecule is CNCC[N+](C)(CCO)CCN(C)C. The number of likely N-dealkylation sites (N-methyl/N-ethyl adjacent to an activating group) is 3. The molecular formula is C10H26N3O+. The summed E-state index contributed by atoms with van der Waals surface area (Å²) in [4.78, 5) is 2.19. The van der Waals surface area contributed by atoms with Crippen molar-refractivity contribution >= 4 is 0 Å². The summed E-state index contributed by atoms with van der Waals surface area (Å²) in [7, 11) is 8.34. The molecule has 1 atom stereocenters. The summed E-state index contributed by atoms with van der Waals surface area (Å²) >= 11 is 0. The highest BCUT2D eigenvalue weighted by Crippen LogP contribution is 2.00. The van der Waals surface area contributed by atoms with Gasteiger partial charge in [0.05, 0.1) is 26.7 Å². The molecule has 0 spiro atoms. The summed E-state index contributed by atoms with van der Waals surface area (Å²) in [5.41, 5.74) is 0. The largest absolute Gasteiger partial charge is 0.391 e. The molecule has 1 unspecified atom stereocenters. The third-order valence-electron chi connectivity index (χ3n) is 2.63. The highest BCUT2D eigenvalue weighted by molar-refractivity contribution is 4.47. The van der Waals surface area contributed by atoms with Crippen LogP contribution in [0.25, 0.3) is 0 Å². The fourth-order valence-electron chi connectivity index (χ4n) is 1.40. The average molecular weight is 204 g/mol. The molecule has 14 heavy (non-hydrogen) atoms. The Morgan fingerprint density at radius 1 is 1.21 bits per heavy atom. The molecule has 0 aliphatic carbocycles. The Bertz CT molecular complexity index is 141. The van der Waals surface area contributed by atoms with Crippen molar-refractivity contribution < 1.29 is 9.59 Å². The van der Waals surface area contributed by atoms with Gasteiger partial charge in [-0.25, -0.2) is 0 Å². The van der Waals surface area contributed by atoms with E-state index in [1.54, 1.807) is 0 Å². The maximum absolute atomic E-state index is 9.02. The first kappa shape index (κ1) is 13.8. The van der Waals surface area contributed by atoms with Crippen LogP contribution in [0.3, 0.4) is 0 Å². The molecule has 0 radical (unpaired) electrons. The molecular weight excluding hydrogens is 178 g/mol. The normalized spacial score (nSPS) is 15.9. The van der Waals surface area contributed by atoms with Gasteiger partial charge in [-0.15, -0.1) is 0 Å². The van der Waals surface area contributed by atoms with E-state index in [4.69, 9.17) is 5.11 Å². The Morgan fingerprint density at radius 2 is 1.86 bits per heavy atom. The molecule has 0 rings (SSSR count). The van der Waals surface area contributed by atoms with Crippen LogP contribution in [-0.2, 0) is 0 Å². The van der Waals surface area contributed by atoms with E-state index in [0.717, 1.165) is 37.2 Å². The van der Waals surface area contributed by atoms with E-state index in [-0.39, 0.29) is 6.61 Å². The lowest BCUT2D eigenvalue weighted by atomic mass is 10.3. The zero-order valence-electron chi connectivity index (χ0n) is 10.1. The molecule has 0 aromatic rings. The van der Waals surface area contributed by atoms with E-state index >= 15 is 0 Å². The number of rotatable bonds is 8. The van der Waals surface area contributed by atoms with Crippen LogP contribution in [-0.4, -0.2) is 82.0 Å². The predicted octanol–water partition coefficient (Wildman–Crippen LogP) is -0.794. The van der Waals surface area contributed by atoms with Crippen molar-refractivity contribution in [3.63, 3.8) is 0 Å². The van der Waals surface area contributed by atoms with E-state index in [0.29, 0.717) is 0 Å². The highest BCUT2D eigenvalue weighted by Gasteiger charge is 2.19. The predicted molar refractivity (Wildman–Crippen MR) is 60.4 cm³/mol. The number of quaternary nitrogens is 1. The van der Waals surface area contributed by atoms with Crippen LogP contribution in [0.5, 0.6) is 0 Å². The van der Waals surface area contributed by atoms with Gasteiger partial charge in [-0.1, -0.05) is 0 Å². The fourth-order valence-corrected chi connectivity index (χ4v) is 1.40. The first-order chi connectivity index (χ1) is 6.54. The van der Waals surface area contributed by atoms with E-state index in [2.05, 4.69) is 31.4 Å². The van der Waals surface area contributed by atoms with Crippen LogP contribution in [0.1, 0.15) is 0 Å². The average Bonchev–Trinajstić information content (AvgIpc) is 2.13. The maximum atomic E-state index is 9.02. The van der Waals surface area contributed by atoms with Gasteiger partial charge in [-0.3, -0.25) is 0 Å². The van der Waals surface area contributed by atoms with Crippen molar-refractivity contribution in [1.82, 2.24) is 10.2 Å². The Balaban J connectivity index is 3.95. The molecule has 0 aliphatic rings. The standard InChI is InChI=1S/C10H26N3O/c1-11-5-7-13(4,9-10-14)8-6-12(2)3/h11,14H,5-10H2,1-4H3/q+1. The third kappa shape index (κ3) is 6.32. The van der Waals surface area contributed by atoms with Gasteiger partial charge in [0.25, 0.3) is 0 Å². The van der Waals surface area contributed by atoms with Crippen LogP contribution in [0.4, 0.5) is 0 Å². The molecule has 0 saturated heterocycles. The molecule has 4 nitrogen and oxygen atoms in total. The third-order valence-corrected chi connectivity index (χ3v) is 2.63. The second-order valence-corrected chi connectivity index (χ2v) is 4.42. The molecule has 2 N–H and O–H groups in total. The minimum absolute atomic E-state index is 0.271. The Labute approximate surface area is 88.1 Å². The van der Waals surface area contributed by atoms with Crippen LogP contribution < -0.4 is 5.32 Å². The molecule has 0 bridgehead atoms. The Hall–Kier alpha value is -0.160. The first-order valence-electron chi connectivity index (χ1n) is 5.28. The summed E-state index contributed by atoms with van der Waals surface area (Å²) in [5.74, 6) is 0. The quantitative estimate of drug-likeness (QED) is 0.509. The summed E-state index contributed by atoms with van der Waals surface area (Å²) in [6, 6.07) is 0. The van der Waals surface area contributed by atoms with Gasteiger partial charge in [-0.2, -0.15) is 0 Å². The molecule has 0 saturated carbocycles. The topological polar surface area (TPSA) is 35.5 Å². The number of hydrogen-bond donors (Lipinski definition) is 2. The first-order valence-corrected chi connectivity index (χ1v) is 5.28. The number of nitrogens with one attached hydrogen (secondary N) is 1. The number of hydrogen-bond acceptors (Lipinski definition) is 3. The lowest BCUT2D eigenvalue weighted by molar-refractivity contribution is -0.908. The van der Waals surface area contributed by atoms with Crippen molar-refractivity contribution in [2.45, 2.75) is 0 Å². The Morgan fingerprint density at radius 3 is 2.29 bits per heavy atom. The Kier molecular flexibility index (Phi) is 7.09. The van der Waals surface area contributed by atoms with Crippen molar-refractivity contribution in [2.75, 3.05) is 67.5 Å². The zero-order valence-corrected chi connectivity index (χ0v) is 10.1. The zero-order chi connectivity index (χ0) is 11.0. The van der Waals surface area contributed by atoms with Crippen molar-refractivity contribution in [3.05, 3.63) is 0 Å². The van der Waals surface area contributed by atoms with Crippen LogP contribution >= 0.6 is 0 Å². The summed E-state index contributed by atoms with van der Waals surface area (Å²) in [6.07, 6.45) is 0. The number of aliphatic hydroxyl groups is 1. The van der Waals surface area contributed by atoms with E-state index in [1.807, 2.05) is 7.05 Å². The van der Waals surface area contributed by atoms with Gasteiger partial charge in [-0.05, 0) is 21.1 Å². The molecule has 0 aliphatic heterocycles. The lowest BCUT2D eigenvalue weighted by Crippen LogP contribution is -2.52. The van der Waals surface area contributed by atoms with Crippen LogP contribution in [0.2, 0.25) is 0 Å². The van der Waals surface area contributed by atoms with Crippen molar-refractivity contribution in [3.8, 4) is 0 Å². The summed E-state index contributed by atoms with van der Waals surface area (Å²) in [6.45, 7) is 5.35. The minimum atomic E-state index is 0.271. The molecule has 0 aromatic heterocycles. The smallest absolute Gasteiger partial charge is 0.102 e. The second kappa shape index (κ2) is 7.17. The molecule has 0 fully saturated rings. The van der Waals surface area contributed by atoms with Crippen molar-refractivity contribution in [2.24, 2.45) is 0 Å². The molecule has 0 amide bonds. The highest BCUT2D eigenvalue weighted by atomic mass is 16.3. The van der Waals surface area contributed by atoms with Crippen molar-refractivity contribution in [1.29, 1.82) is 0 Å². The lowest BCUT2D eigenvalue weighted by Gasteiger charge is -2.35. The van der Waals surface area contributed by atoms with Crippen LogP contribution in [0.15, 0.2) is 0 Å².